The maximum Gasteiger partial charge on any atom is 0.407 e. The van der Waals surface area contributed by atoms with Crippen LogP contribution in [0.5, 0.6) is 0 Å². The maximum atomic E-state index is 11.7. The Morgan fingerprint density at radius 3 is 2.48 bits per heavy atom. The van der Waals surface area contributed by atoms with Crippen molar-refractivity contribution in [1.29, 1.82) is 0 Å². The molecule has 7 nitrogen and oxygen atoms in total. The summed E-state index contributed by atoms with van der Waals surface area (Å²) in [6.07, 6.45) is 0.557. The third-order valence-electron chi connectivity index (χ3n) is 3.35. The minimum Gasteiger partial charge on any atom is -0.445 e. The van der Waals surface area contributed by atoms with Crippen molar-refractivity contribution in [1.82, 2.24) is 9.62 Å². The van der Waals surface area contributed by atoms with E-state index in [2.05, 4.69) is 5.32 Å². The SMILES string of the molecule is NS(=O)(=O)N1CCC(NC(=O)OCc2ccccc2)CC1. The number of rotatable bonds is 4. The van der Waals surface area contributed by atoms with Crippen LogP contribution < -0.4 is 10.5 Å². The molecular formula is C13H19N3O4S. The van der Waals surface area contributed by atoms with Crippen molar-refractivity contribution in [3.63, 3.8) is 0 Å². The number of piperidine rings is 1. The summed E-state index contributed by atoms with van der Waals surface area (Å²) in [6.45, 7) is 0.827. The highest BCUT2D eigenvalue weighted by Crippen LogP contribution is 2.12. The normalized spacial score (nSPS) is 17.4. The van der Waals surface area contributed by atoms with E-state index in [-0.39, 0.29) is 12.6 Å². The Bertz CT molecular complexity index is 568. The molecule has 1 heterocycles. The average Bonchev–Trinajstić information content (AvgIpc) is 2.46. The number of nitrogens with two attached hydrogens (primary N) is 1. The van der Waals surface area contributed by atoms with Gasteiger partial charge >= 0.3 is 6.09 Å². The molecule has 116 valence electrons. The number of nitrogens with zero attached hydrogens (tertiary/aromatic N) is 1. The number of hydrogen-bond acceptors (Lipinski definition) is 4. The molecule has 1 aliphatic heterocycles. The van der Waals surface area contributed by atoms with Crippen molar-refractivity contribution in [2.45, 2.75) is 25.5 Å². The van der Waals surface area contributed by atoms with E-state index >= 15 is 0 Å². The van der Waals surface area contributed by atoms with Crippen LogP contribution in [0, 0.1) is 0 Å². The first-order chi connectivity index (χ1) is 9.95. The number of ether oxygens (including phenoxy) is 1. The largest absolute Gasteiger partial charge is 0.445 e. The van der Waals surface area contributed by atoms with Crippen LogP contribution in [-0.4, -0.2) is 37.9 Å². The number of amides is 1. The summed E-state index contributed by atoms with van der Waals surface area (Å²) in [5.74, 6) is 0. The molecule has 0 saturated carbocycles. The number of benzene rings is 1. The first-order valence-corrected chi connectivity index (χ1v) is 8.20. The molecule has 0 spiro atoms. The first kappa shape index (κ1) is 15.7. The van der Waals surface area contributed by atoms with Gasteiger partial charge in [0.05, 0.1) is 0 Å². The Labute approximate surface area is 124 Å². The van der Waals surface area contributed by atoms with E-state index in [1.165, 1.54) is 4.31 Å². The molecule has 0 atom stereocenters. The minimum atomic E-state index is -3.63. The van der Waals surface area contributed by atoms with Crippen molar-refractivity contribution >= 4 is 16.3 Å². The predicted octanol–water partition coefficient (Wildman–Crippen LogP) is 0.581. The van der Waals surface area contributed by atoms with Gasteiger partial charge in [0.1, 0.15) is 6.61 Å². The smallest absolute Gasteiger partial charge is 0.407 e. The van der Waals surface area contributed by atoms with Gasteiger partial charge in [0.2, 0.25) is 0 Å². The summed E-state index contributed by atoms with van der Waals surface area (Å²) in [7, 11) is -3.63. The third-order valence-corrected chi connectivity index (χ3v) is 4.43. The lowest BCUT2D eigenvalue weighted by atomic mass is 10.1. The van der Waals surface area contributed by atoms with Crippen LogP contribution in [0.15, 0.2) is 30.3 Å². The summed E-state index contributed by atoms with van der Waals surface area (Å²) in [4.78, 5) is 11.7. The van der Waals surface area contributed by atoms with E-state index in [1.807, 2.05) is 30.3 Å². The second kappa shape index (κ2) is 6.88. The fourth-order valence-corrected chi connectivity index (χ4v) is 2.91. The second-order valence-electron chi connectivity index (χ2n) is 4.92. The number of hydrogen-bond donors (Lipinski definition) is 2. The standard InChI is InChI=1S/C13H19N3O4S/c14-21(18,19)16-8-6-12(7-9-16)15-13(17)20-10-11-4-2-1-3-5-11/h1-5,12H,6-10H2,(H,15,17)(H2,14,18,19). The lowest BCUT2D eigenvalue weighted by molar-refractivity contribution is 0.131. The molecule has 8 heteroatoms. The summed E-state index contributed by atoms with van der Waals surface area (Å²) in [6, 6.07) is 9.30. The highest BCUT2D eigenvalue weighted by atomic mass is 32.2. The second-order valence-corrected chi connectivity index (χ2v) is 6.47. The fourth-order valence-electron chi connectivity index (χ4n) is 2.19. The number of carbonyl (C=O) groups is 1. The van der Waals surface area contributed by atoms with Gasteiger partial charge in [0, 0.05) is 19.1 Å². The molecule has 0 aliphatic carbocycles. The van der Waals surface area contributed by atoms with Crippen LogP contribution >= 0.6 is 0 Å². The molecule has 0 aromatic heterocycles. The van der Waals surface area contributed by atoms with E-state index in [9.17, 15) is 13.2 Å². The molecule has 0 bridgehead atoms. The number of alkyl carbamates (subject to hydrolysis) is 1. The Balaban J connectivity index is 1.72. The van der Waals surface area contributed by atoms with Gasteiger partial charge in [-0.1, -0.05) is 30.3 Å². The molecule has 0 radical (unpaired) electrons. The Morgan fingerprint density at radius 1 is 1.29 bits per heavy atom. The topological polar surface area (TPSA) is 102 Å². The van der Waals surface area contributed by atoms with Crippen molar-refractivity contribution < 1.29 is 17.9 Å². The lowest BCUT2D eigenvalue weighted by Crippen LogP contribution is -2.48. The molecule has 1 aromatic rings. The van der Waals surface area contributed by atoms with Crippen molar-refractivity contribution in [3.8, 4) is 0 Å². The Hall–Kier alpha value is -1.64. The van der Waals surface area contributed by atoms with Crippen LogP contribution in [0.3, 0.4) is 0 Å². The Kier molecular flexibility index (Phi) is 5.16. The highest BCUT2D eigenvalue weighted by molar-refractivity contribution is 7.86. The molecular weight excluding hydrogens is 294 g/mol. The molecule has 1 fully saturated rings. The molecule has 0 unspecified atom stereocenters. The van der Waals surface area contributed by atoms with Gasteiger partial charge in [-0.15, -0.1) is 0 Å². The van der Waals surface area contributed by atoms with E-state index in [1.54, 1.807) is 0 Å². The zero-order valence-corrected chi connectivity index (χ0v) is 12.4. The summed E-state index contributed by atoms with van der Waals surface area (Å²) in [5.41, 5.74) is 0.914. The predicted molar refractivity (Wildman–Crippen MR) is 77.5 cm³/mol. The van der Waals surface area contributed by atoms with Gasteiger partial charge in [-0.2, -0.15) is 12.7 Å². The molecule has 1 aromatic carbocycles. The zero-order chi connectivity index (χ0) is 15.3. The quantitative estimate of drug-likeness (QED) is 0.849. The molecule has 1 saturated heterocycles. The van der Waals surface area contributed by atoms with Crippen LogP contribution in [0.2, 0.25) is 0 Å². The molecule has 21 heavy (non-hydrogen) atoms. The van der Waals surface area contributed by atoms with Gasteiger partial charge in [0.25, 0.3) is 10.2 Å². The molecule has 1 amide bonds. The average molecular weight is 313 g/mol. The van der Waals surface area contributed by atoms with E-state index in [4.69, 9.17) is 9.88 Å². The van der Waals surface area contributed by atoms with E-state index < -0.39 is 16.3 Å². The van der Waals surface area contributed by atoms with Crippen molar-refractivity contribution in [2.24, 2.45) is 5.14 Å². The highest BCUT2D eigenvalue weighted by Gasteiger charge is 2.26. The number of nitrogens with one attached hydrogen (secondary N) is 1. The monoisotopic (exact) mass is 313 g/mol. The Morgan fingerprint density at radius 2 is 1.90 bits per heavy atom. The summed E-state index contributed by atoms with van der Waals surface area (Å²) in [5, 5.41) is 7.79. The lowest BCUT2D eigenvalue weighted by Gasteiger charge is -2.29. The summed E-state index contributed by atoms with van der Waals surface area (Å²) >= 11 is 0. The van der Waals surface area contributed by atoms with Gasteiger partial charge in [-0.3, -0.25) is 0 Å². The van der Waals surface area contributed by atoms with Crippen LogP contribution in [0.1, 0.15) is 18.4 Å². The van der Waals surface area contributed by atoms with Gasteiger partial charge in [-0.25, -0.2) is 9.93 Å². The zero-order valence-electron chi connectivity index (χ0n) is 11.6. The van der Waals surface area contributed by atoms with Gasteiger partial charge < -0.3 is 10.1 Å². The molecule has 3 N–H and O–H groups in total. The first-order valence-electron chi connectivity index (χ1n) is 6.70. The minimum absolute atomic E-state index is 0.0914. The van der Waals surface area contributed by atoms with E-state index in [0.717, 1.165) is 5.56 Å². The van der Waals surface area contributed by atoms with Crippen LogP contribution in [0.4, 0.5) is 4.79 Å². The van der Waals surface area contributed by atoms with Crippen LogP contribution in [-0.2, 0) is 21.6 Å². The fraction of sp³-hybridized carbons (Fsp3) is 0.462. The summed E-state index contributed by atoms with van der Waals surface area (Å²) < 4.78 is 28.7. The third kappa shape index (κ3) is 5.00. The maximum absolute atomic E-state index is 11.7. The van der Waals surface area contributed by atoms with Gasteiger partial charge in [0.15, 0.2) is 0 Å². The van der Waals surface area contributed by atoms with E-state index in [0.29, 0.717) is 25.9 Å². The van der Waals surface area contributed by atoms with Crippen molar-refractivity contribution in [3.05, 3.63) is 35.9 Å². The van der Waals surface area contributed by atoms with Gasteiger partial charge in [-0.05, 0) is 18.4 Å². The van der Waals surface area contributed by atoms with Crippen molar-refractivity contribution in [2.75, 3.05) is 13.1 Å². The number of carbonyl (C=O) groups excluding carboxylic acids is 1. The molecule has 1 aliphatic rings. The van der Waals surface area contributed by atoms with Crippen LogP contribution in [0.25, 0.3) is 0 Å². The molecule has 2 rings (SSSR count).